The Morgan fingerprint density at radius 3 is 2.64 bits per heavy atom. The van der Waals surface area contributed by atoms with Gasteiger partial charge < -0.3 is 10.0 Å². The molecule has 1 N–H and O–H groups in total. The van der Waals surface area contributed by atoms with Gasteiger partial charge in [-0.2, -0.15) is 10.0 Å². The predicted molar refractivity (Wildman–Crippen MR) is 122 cm³/mol. The Bertz CT molecular complexity index is 894. The van der Waals surface area contributed by atoms with Crippen molar-refractivity contribution in [2.45, 2.75) is 30.6 Å². The molecule has 0 bridgehead atoms. The zero-order chi connectivity index (χ0) is 20.3. The fraction of sp³-hybridized carbons (Fsp3) is 0.391. The van der Waals surface area contributed by atoms with Crippen molar-refractivity contribution in [2.75, 3.05) is 38.1 Å². The number of aliphatic imine (C=N–C) groups is 1. The molecule has 1 aromatic carbocycles. The van der Waals surface area contributed by atoms with Crippen LogP contribution in [0.2, 0.25) is 0 Å². The summed E-state index contributed by atoms with van der Waals surface area (Å²) in [5, 5.41) is 8.75. The topological polar surface area (TPSA) is 52.9 Å². The monoisotopic (exact) mass is 398 g/mol. The molecule has 0 saturated carbocycles. The lowest BCUT2D eigenvalue weighted by molar-refractivity contribution is -0.137. The van der Waals surface area contributed by atoms with E-state index in [1.165, 1.54) is 26.6 Å². The fourth-order valence-corrected chi connectivity index (χ4v) is 6.26. The Morgan fingerprint density at radius 2 is 1.93 bits per heavy atom. The second-order valence-electron chi connectivity index (χ2n) is 7.76. The average molecular weight is 399 g/mol. The maximum Gasteiger partial charge on any atom is 0.303 e. The molecule has 5 heteroatoms. The molecule has 1 aliphatic carbocycles. The van der Waals surface area contributed by atoms with Crippen LogP contribution in [0.3, 0.4) is 0 Å². The van der Waals surface area contributed by atoms with E-state index in [-0.39, 0.29) is 6.42 Å². The molecule has 0 spiro atoms. The van der Waals surface area contributed by atoms with Crippen molar-refractivity contribution >= 4 is 33.5 Å². The number of carboxylic acids is 1. The number of fused-ring (bicyclic) bond motifs is 2. The summed E-state index contributed by atoms with van der Waals surface area (Å²) in [6.07, 6.45) is 16.5. The molecule has 0 unspecified atom stereocenters. The van der Waals surface area contributed by atoms with E-state index in [4.69, 9.17) is 5.11 Å². The van der Waals surface area contributed by atoms with Crippen molar-refractivity contribution < 1.29 is 9.90 Å². The van der Waals surface area contributed by atoms with Gasteiger partial charge in [0.05, 0.1) is 5.71 Å². The zero-order valence-corrected chi connectivity index (χ0v) is 18.1. The molecule has 2 aliphatic rings. The normalized spacial score (nSPS) is 19.4. The largest absolute Gasteiger partial charge is 0.481 e. The van der Waals surface area contributed by atoms with E-state index in [1.807, 2.05) is 7.05 Å². The number of rotatable bonds is 7. The number of carboxylic acid groups (broad SMARTS) is 1. The van der Waals surface area contributed by atoms with Gasteiger partial charge in [0.1, 0.15) is 0 Å². The van der Waals surface area contributed by atoms with Crippen molar-refractivity contribution in [3.63, 3.8) is 0 Å². The third kappa shape index (κ3) is 4.25. The number of hydrogen-bond acceptors (Lipinski definition) is 3. The van der Waals surface area contributed by atoms with Gasteiger partial charge in [-0.3, -0.25) is 9.79 Å². The maximum absolute atomic E-state index is 10.6. The van der Waals surface area contributed by atoms with E-state index in [9.17, 15) is 4.79 Å². The van der Waals surface area contributed by atoms with Crippen LogP contribution >= 0.6 is 10.0 Å². The van der Waals surface area contributed by atoms with Gasteiger partial charge in [-0.15, -0.1) is 0 Å². The summed E-state index contributed by atoms with van der Waals surface area (Å²) in [4.78, 5) is 20.1. The molecule has 0 atom stereocenters. The SMILES string of the molecule is C/N=C1\C=CC2=Cc3ccc(N(C)CCCCCC(=O)O)cc3S(C)(C)C2=C1. The molecule has 0 radical (unpaired) electrons. The number of nitrogens with zero attached hydrogens (tertiary/aromatic N) is 2. The van der Waals surface area contributed by atoms with Crippen LogP contribution < -0.4 is 4.90 Å². The highest BCUT2D eigenvalue weighted by molar-refractivity contribution is 8.36. The molecule has 0 amide bonds. The lowest BCUT2D eigenvalue weighted by Gasteiger charge is -2.41. The van der Waals surface area contributed by atoms with Crippen LogP contribution in [0.15, 0.2) is 56.8 Å². The van der Waals surface area contributed by atoms with Gasteiger partial charge in [0.2, 0.25) is 0 Å². The van der Waals surface area contributed by atoms with E-state index < -0.39 is 16.0 Å². The molecule has 150 valence electrons. The summed E-state index contributed by atoms with van der Waals surface area (Å²) in [6.45, 7) is 0.938. The lowest BCUT2D eigenvalue weighted by Crippen LogP contribution is -2.19. The molecule has 1 aromatic rings. The molecule has 0 aromatic heterocycles. The van der Waals surface area contributed by atoms with Crippen molar-refractivity contribution in [3.8, 4) is 0 Å². The minimum Gasteiger partial charge on any atom is -0.481 e. The van der Waals surface area contributed by atoms with E-state index in [0.717, 1.165) is 31.5 Å². The van der Waals surface area contributed by atoms with Crippen LogP contribution in [0, 0.1) is 0 Å². The van der Waals surface area contributed by atoms with Gasteiger partial charge in [0, 0.05) is 42.5 Å². The fourth-order valence-electron chi connectivity index (χ4n) is 3.76. The summed E-state index contributed by atoms with van der Waals surface area (Å²) in [5.74, 6) is -0.705. The first kappa shape index (κ1) is 20.5. The Balaban J connectivity index is 1.79. The number of allylic oxidation sites excluding steroid dienone is 4. The van der Waals surface area contributed by atoms with Crippen LogP contribution in [0.1, 0.15) is 31.2 Å². The molecule has 1 aliphatic heterocycles. The van der Waals surface area contributed by atoms with Crippen LogP contribution in [-0.2, 0) is 4.79 Å². The quantitative estimate of drug-likeness (QED) is 0.649. The molecular weight excluding hydrogens is 368 g/mol. The third-order valence-corrected chi connectivity index (χ3v) is 8.39. The molecule has 1 heterocycles. The number of carbonyl (C=O) groups is 1. The molecule has 0 fully saturated rings. The summed E-state index contributed by atoms with van der Waals surface area (Å²) in [5.41, 5.74) is 4.88. The number of aliphatic carboxylic acids is 1. The first-order valence-electron chi connectivity index (χ1n) is 9.72. The standard InChI is InChI=1S/C23H30N2O2S/c1-24-19-11-9-17-14-18-10-12-20(16-22(18)28(3,4)21(17)15-19)25(2)13-7-5-6-8-23(26)27/h9-12,14-16H,5-8,13H2,1-4H3,(H,26,27)/b24-19+. The zero-order valence-electron chi connectivity index (χ0n) is 17.2. The Kier molecular flexibility index (Phi) is 6.14. The molecule has 4 nitrogen and oxygen atoms in total. The summed E-state index contributed by atoms with van der Waals surface area (Å²) in [7, 11) is 2.85. The van der Waals surface area contributed by atoms with E-state index in [1.54, 1.807) is 0 Å². The molecule has 3 rings (SSSR count). The number of anilines is 1. The van der Waals surface area contributed by atoms with Crippen molar-refractivity contribution in [1.82, 2.24) is 0 Å². The summed E-state index contributed by atoms with van der Waals surface area (Å²) >= 11 is 0. The average Bonchev–Trinajstić information content (AvgIpc) is 2.67. The van der Waals surface area contributed by atoms with Crippen LogP contribution in [0.4, 0.5) is 5.69 Å². The van der Waals surface area contributed by atoms with Gasteiger partial charge in [-0.05, 0) is 66.9 Å². The van der Waals surface area contributed by atoms with Gasteiger partial charge >= 0.3 is 5.97 Å². The first-order valence-corrected chi connectivity index (χ1v) is 12.2. The van der Waals surface area contributed by atoms with E-state index in [2.05, 4.69) is 72.0 Å². The number of unbranched alkanes of at least 4 members (excludes halogenated alkanes) is 2. The van der Waals surface area contributed by atoms with Crippen LogP contribution in [-0.4, -0.2) is 49.9 Å². The van der Waals surface area contributed by atoms with E-state index in [0.29, 0.717) is 0 Å². The van der Waals surface area contributed by atoms with Crippen LogP contribution in [0.5, 0.6) is 0 Å². The minimum absolute atomic E-state index is 0.265. The lowest BCUT2D eigenvalue weighted by atomic mass is 10.0. The minimum atomic E-state index is -1.11. The second-order valence-corrected chi connectivity index (χ2v) is 11.3. The number of benzene rings is 1. The molecule has 0 saturated heterocycles. The van der Waals surface area contributed by atoms with Gasteiger partial charge in [-0.1, -0.05) is 18.6 Å². The van der Waals surface area contributed by atoms with Crippen molar-refractivity contribution in [2.24, 2.45) is 4.99 Å². The van der Waals surface area contributed by atoms with Gasteiger partial charge in [0.25, 0.3) is 0 Å². The van der Waals surface area contributed by atoms with E-state index >= 15 is 0 Å². The highest BCUT2D eigenvalue weighted by Crippen LogP contribution is 2.63. The van der Waals surface area contributed by atoms with Crippen LogP contribution in [0.25, 0.3) is 6.08 Å². The first-order chi connectivity index (χ1) is 13.3. The highest BCUT2D eigenvalue weighted by Gasteiger charge is 2.30. The Hall–Kier alpha value is -2.27. The number of hydrogen-bond donors (Lipinski definition) is 1. The Labute approximate surface area is 169 Å². The predicted octanol–water partition coefficient (Wildman–Crippen LogP) is 5.11. The highest BCUT2D eigenvalue weighted by atomic mass is 32.3. The van der Waals surface area contributed by atoms with Crippen molar-refractivity contribution in [3.05, 3.63) is 52.5 Å². The van der Waals surface area contributed by atoms with Gasteiger partial charge in [-0.25, -0.2) is 0 Å². The maximum atomic E-state index is 10.6. The molecule has 28 heavy (non-hydrogen) atoms. The van der Waals surface area contributed by atoms with Gasteiger partial charge in [0.15, 0.2) is 0 Å². The molecular formula is C23H30N2O2S. The smallest absolute Gasteiger partial charge is 0.303 e. The summed E-state index contributed by atoms with van der Waals surface area (Å²) < 4.78 is 0. The van der Waals surface area contributed by atoms with Crippen molar-refractivity contribution in [1.29, 1.82) is 0 Å². The summed E-state index contributed by atoms with van der Waals surface area (Å²) in [6, 6.07) is 6.78. The second kappa shape index (κ2) is 8.39. The Morgan fingerprint density at radius 1 is 1.14 bits per heavy atom. The third-order valence-electron chi connectivity index (χ3n) is 5.49.